The molecule has 1 heterocycles. The van der Waals surface area contributed by atoms with Crippen LogP contribution in [-0.4, -0.2) is 39.6 Å². The fraction of sp³-hybridized carbons (Fsp3) is 0.643. The Kier molecular flexibility index (Phi) is 5.17. The molecule has 1 saturated carbocycles. The highest BCUT2D eigenvalue weighted by Crippen LogP contribution is 2.31. The van der Waals surface area contributed by atoms with Gasteiger partial charge in [-0.05, 0) is 12.8 Å². The van der Waals surface area contributed by atoms with Crippen LogP contribution in [0.5, 0.6) is 0 Å². The molecule has 0 atom stereocenters. The molecule has 0 saturated heterocycles. The van der Waals surface area contributed by atoms with E-state index < -0.39 is 11.5 Å². The number of hydrogen-bond donors (Lipinski definition) is 2. The molecule has 1 aliphatic rings. The van der Waals surface area contributed by atoms with Crippen molar-refractivity contribution in [2.24, 2.45) is 0 Å². The maximum absolute atomic E-state index is 12.3. The summed E-state index contributed by atoms with van der Waals surface area (Å²) in [6.07, 6.45) is 4.48. The third-order valence-electron chi connectivity index (χ3n) is 3.90. The second kappa shape index (κ2) is 6.89. The first-order valence-corrected chi connectivity index (χ1v) is 8.07. The molecule has 2 rings (SSSR count). The van der Waals surface area contributed by atoms with Crippen LogP contribution >= 0.6 is 11.3 Å². The molecule has 1 fully saturated rings. The lowest BCUT2D eigenvalue weighted by Gasteiger charge is -2.38. The highest BCUT2D eigenvalue weighted by atomic mass is 32.1. The van der Waals surface area contributed by atoms with Gasteiger partial charge < -0.3 is 15.3 Å². The Bertz CT molecular complexity index is 484. The number of aliphatic carboxylic acids is 1. The predicted molar refractivity (Wildman–Crippen MR) is 80.2 cm³/mol. The molecule has 1 aromatic heterocycles. The van der Waals surface area contributed by atoms with Crippen LogP contribution in [0.4, 0.5) is 4.79 Å². The van der Waals surface area contributed by atoms with Gasteiger partial charge in [-0.1, -0.05) is 19.3 Å². The fourth-order valence-corrected chi connectivity index (χ4v) is 3.37. The molecule has 6 nitrogen and oxygen atoms in total. The van der Waals surface area contributed by atoms with Crippen LogP contribution < -0.4 is 5.32 Å². The van der Waals surface area contributed by atoms with Gasteiger partial charge in [0, 0.05) is 12.4 Å². The minimum absolute atomic E-state index is 0.0106. The second-order valence-corrected chi connectivity index (χ2v) is 6.40. The van der Waals surface area contributed by atoms with E-state index in [2.05, 4.69) is 10.3 Å². The molecule has 0 spiro atoms. The number of rotatable bonds is 5. The highest BCUT2D eigenvalue weighted by molar-refractivity contribution is 7.07. The van der Waals surface area contributed by atoms with Crippen molar-refractivity contribution in [2.75, 3.05) is 7.05 Å². The molecule has 0 bridgehead atoms. The summed E-state index contributed by atoms with van der Waals surface area (Å²) >= 11 is 1.49. The van der Waals surface area contributed by atoms with Gasteiger partial charge in [-0.2, -0.15) is 0 Å². The predicted octanol–water partition coefficient (Wildman–Crippen LogP) is 2.46. The van der Waals surface area contributed by atoms with Crippen LogP contribution in [-0.2, 0) is 11.3 Å². The lowest BCUT2D eigenvalue weighted by molar-refractivity contribution is -0.139. The molecule has 1 aromatic rings. The largest absolute Gasteiger partial charge is 0.481 e. The first-order valence-electron chi connectivity index (χ1n) is 7.13. The number of carboxylic acids is 1. The summed E-state index contributed by atoms with van der Waals surface area (Å²) < 4.78 is 0. The van der Waals surface area contributed by atoms with Gasteiger partial charge in [0.25, 0.3) is 0 Å². The van der Waals surface area contributed by atoms with E-state index in [0.29, 0.717) is 6.54 Å². The zero-order chi connectivity index (χ0) is 15.3. The molecule has 7 heteroatoms. The van der Waals surface area contributed by atoms with Gasteiger partial charge in [0.1, 0.15) is 0 Å². The maximum Gasteiger partial charge on any atom is 0.317 e. The standard InChI is InChI=1S/C14H21N3O3S/c1-17(8-11-9-21-10-15-11)13(20)16-14(7-12(18)19)5-3-2-4-6-14/h9-10H,2-8H2,1H3,(H,16,20)(H,18,19). The summed E-state index contributed by atoms with van der Waals surface area (Å²) in [6.45, 7) is 0.429. The maximum atomic E-state index is 12.3. The number of thiazole rings is 1. The van der Waals surface area contributed by atoms with Crippen molar-refractivity contribution in [3.8, 4) is 0 Å². The van der Waals surface area contributed by atoms with Crippen LogP contribution in [0.25, 0.3) is 0 Å². The average Bonchev–Trinajstić information content (AvgIpc) is 2.91. The van der Waals surface area contributed by atoms with Gasteiger partial charge >= 0.3 is 12.0 Å². The Morgan fingerprint density at radius 2 is 2.14 bits per heavy atom. The van der Waals surface area contributed by atoms with Gasteiger partial charge in [0.15, 0.2) is 0 Å². The second-order valence-electron chi connectivity index (χ2n) is 5.68. The van der Waals surface area contributed by atoms with Crippen molar-refractivity contribution in [1.29, 1.82) is 0 Å². The number of urea groups is 1. The summed E-state index contributed by atoms with van der Waals surface area (Å²) in [6, 6.07) is -0.230. The Balaban J connectivity index is 1.98. The summed E-state index contributed by atoms with van der Waals surface area (Å²) in [5.74, 6) is -0.862. The molecule has 0 unspecified atom stereocenters. The molecule has 2 amide bonds. The summed E-state index contributed by atoms with van der Waals surface area (Å²) in [7, 11) is 1.70. The van der Waals surface area contributed by atoms with Gasteiger partial charge in [-0.15, -0.1) is 11.3 Å². The van der Waals surface area contributed by atoms with E-state index in [4.69, 9.17) is 5.11 Å². The van der Waals surface area contributed by atoms with E-state index in [1.807, 2.05) is 5.38 Å². The first-order chi connectivity index (χ1) is 10.0. The quantitative estimate of drug-likeness (QED) is 0.875. The fourth-order valence-electron chi connectivity index (χ4n) is 2.82. The number of nitrogens with zero attached hydrogens (tertiary/aromatic N) is 2. The minimum Gasteiger partial charge on any atom is -0.481 e. The van der Waals surface area contributed by atoms with Crippen LogP contribution in [0.1, 0.15) is 44.2 Å². The Hall–Kier alpha value is -1.63. The third kappa shape index (κ3) is 4.42. The van der Waals surface area contributed by atoms with Crippen molar-refractivity contribution >= 4 is 23.3 Å². The molecule has 0 aromatic carbocycles. The summed E-state index contributed by atoms with van der Waals surface area (Å²) in [5, 5.41) is 14.0. The third-order valence-corrected chi connectivity index (χ3v) is 4.54. The van der Waals surface area contributed by atoms with Gasteiger partial charge in [0.2, 0.25) is 0 Å². The summed E-state index contributed by atoms with van der Waals surface area (Å²) in [5.41, 5.74) is 1.97. The number of carbonyl (C=O) groups excluding carboxylic acids is 1. The number of amides is 2. The van der Waals surface area contributed by atoms with E-state index in [1.54, 1.807) is 17.5 Å². The summed E-state index contributed by atoms with van der Waals surface area (Å²) in [4.78, 5) is 29.1. The Morgan fingerprint density at radius 1 is 1.43 bits per heavy atom. The van der Waals surface area contributed by atoms with Crippen molar-refractivity contribution in [2.45, 2.75) is 50.6 Å². The molecular weight excluding hydrogens is 290 g/mol. The lowest BCUT2D eigenvalue weighted by atomic mass is 9.79. The normalized spacial score (nSPS) is 17.2. The molecule has 116 valence electrons. The molecule has 21 heavy (non-hydrogen) atoms. The number of nitrogens with one attached hydrogen (secondary N) is 1. The van der Waals surface area contributed by atoms with E-state index in [-0.39, 0.29) is 12.5 Å². The first kappa shape index (κ1) is 15.8. The molecule has 2 N–H and O–H groups in total. The molecule has 0 aliphatic heterocycles. The number of hydrogen-bond acceptors (Lipinski definition) is 4. The SMILES string of the molecule is CN(Cc1cscn1)C(=O)NC1(CC(=O)O)CCCCC1. The van der Waals surface area contributed by atoms with Crippen LogP contribution in [0.15, 0.2) is 10.9 Å². The van der Waals surface area contributed by atoms with Crippen molar-refractivity contribution in [1.82, 2.24) is 15.2 Å². The smallest absolute Gasteiger partial charge is 0.317 e. The van der Waals surface area contributed by atoms with Crippen LogP contribution in [0.3, 0.4) is 0 Å². The van der Waals surface area contributed by atoms with Gasteiger partial charge in [-0.25, -0.2) is 9.78 Å². The van der Waals surface area contributed by atoms with E-state index in [1.165, 1.54) is 11.3 Å². The lowest BCUT2D eigenvalue weighted by Crippen LogP contribution is -2.54. The zero-order valence-electron chi connectivity index (χ0n) is 12.2. The number of aromatic nitrogens is 1. The monoisotopic (exact) mass is 311 g/mol. The molecule has 0 radical (unpaired) electrons. The highest BCUT2D eigenvalue weighted by Gasteiger charge is 2.36. The molecule has 1 aliphatic carbocycles. The van der Waals surface area contributed by atoms with E-state index in [9.17, 15) is 9.59 Å². The van der Waals surface area contributed by atoms with Gasteiger partial charge in [0.05, 0.1) is 29.7 Å². The van der Waals surface area contributed by atoms with E-state index in [0.717, 1.165) is 37.8 Å². The number of carbonyl (C=O) groups is 2. The van der Waals surface area contributed by atoms with Crippen molar-refractivity contribution in [3.63, 3.8) is 0 Å². The Morgan fingerprint density at radius 3 is 2.71 bits per heavy atom. The van der Waals surface area contributed by atoms with Crippen molar-refractivity contribution in [3.05, 3.63) is 16.6 Å². The van der Waals surface area contributed by atoms with E-state index >= 15 is 0 Å². The number of carboxylic acid groups (broad SMARTS) is 1. The average molecular weight is 311 g/mol. The Labute approximate surface area is 128 Å². The van der Waals surface area contributed by atoms with Crippen molar-refractivity contribution < 1.29 is 14.7 Å². The minimum atomic E-state index is -0.862. The topological polar surface area (TPSA) is 82.5 Å². The van der Waals surface area contributed by atoms with Crippen LogP contribution in [0.2, 0.25) is 0 Å². The zero-order valence-corrected chi connectivity index (χ0v) is 13.0. The molecular formula is C14H21N3O3S. The van der Waals surface area contributed by atoms with Gasteiger partial charge in [-0.3, -0.25) is 4.79 Å². The van der Waals surface area contributed by atoms with Crippen LogP contribution in [0, 0.1) is 0 Å².